The van der Waals surface area contributed by atoms with Gasteiger partial charge in [0.25, 0.3) is 0 Å². The van der Waals surface area contributed by atoms with Gasteiger partial charge in [-0.05, 0) is 49.2 Å². The monoisotopic (exact) mass is 369 g/mol. The van der Waals surface area contributed by atoms with Crippen LogP contribution in [0.4, 0.5) is 0 Å². The van der Waals surface area contributed by atoms with Gasteiger partial charge in [0.2, 0.25) is 0 Å². The molecule has 1 heterocycles. The maximum atomic E-state index is 11.0. The van der Waals surface area contributed by atoms with Gasteiger partial charge in [0.1, 0.15) is 29.7 Å². The van der Waals surface area contributed by atoms with E-state index in [0.29, 0.717) is 24.0 Å². The van der Waals surface area contributed by atoms with Crippen LogP contribution in [-0.2, 0) is 0 Å². The third-order valence-electron chi connectivity index (χ3n) is 3.62. The Balaban J connectivity index is 1.57. The molecule has 3 aromatic rings. The minimum absolute atomic E-state index is 0.0539. The second-order valence-electron chi connectivity index (χ2n) is 5.89. The molecule has 0 saturated carbocycles. The molecule has 5 nitrogen and oxygen atoms in total. The summed E-state index contributed by atoms with van der Waals surface area (Å²) < 4.78 is 11.5. The van der Waals surface area contributed by atoms with Crippen LogP contribution in [0.2, 0.25) is 0 Å². The van der Waals surface area contributed by atoms with Crippen LogP contribution in [-0.4, -0.2) is 29.3 Å². The van der Waals surface area contributed by atoms with E-state index in [4.69, 9.17) is 14.6 Å². The van der Waals surface area contributed by atoms with Crippen molar-refractivity contribution >= 4 is 17.3 Å². The molecule has 0 bridgehead atoms. The zero-order valence-electron chi connectivity index (χ0n) is 14.6. The van der Waals surface area contributed by atoms with Gasteiger partial charge < -0.3 is 14.6 Å². The van der Waals surface area contributed by atoms with Crippen molar-refractivity contribution < 1.29 is 19.4 Å². The standard InChI is InChI=1S/C20H19NO4S/c1-13-8-14(2)10-17(9-13)25-7-6-24-16-5-3-4-15(11-16)19-21-18(12-26-19)20(22)23/h3-5,8-12H,6-7H2,1-2H3,(H,22,23). The van der Waals surface area contributed by atoms with Gasteiger partial charge in [-0.2, -0.15) is 0 Å². The molecule has 26 heavy (non-hydrogen) atoms. The Hall–Kier alpha value is -2.86. The van der Waals surface area contributed by atoms with Gasteiger partial charge in [0.05, 0.1) is 0 Å². The summed E-state index contributed by atoms with van der Waals surface area (Å²) >= 11 is 1.30. The number of aromatic carboxylic acids is 1. The molecular weight excluding hydrogens is 350 g/mol. The number of rotatable bonds is 7. The number of benzene rings is 2. The molecule has 0 fully saturated rings. The lowest BCUT2D eigenvalue weighted by atomic mass is 10.1. The summed E-state index contributed by atoms with van der Waals surface area (Å²) in [5, 5.41) is 11.2. The Labute approximate surface area is 155 Å². The van der Waals surface area contributed by atoms with Crippen molar-refractivity contribution in [1.29, 1.82) is 0 Å². The normalized spacial score (nSPS) is 10.5. The van der Waals surface area contributed by atoms with Gasteiger partial charge in [-0.1, -0.05) is 18.2 Å². The van der Waals surface area contributed by atoms with E-state index in [1.54, 1.807) is 0 Å². The molecule has 0 amide bonds. The summed E-state index contributed by atoms with van der Waals surface area (Å²) in [4.78, 5) is 15.1. The number of nitrogens with zero attached hydrogens (tertiary/aromatic N) is 1. The van der Waals surface area contributed by atoms with E-state index in [2.05, 4.69) is 11.1 Å². The first-order valence-corrected chi connectivity index (χ1v) is 9.02. The average molecular weight is 369 g/mol. The second-order valence-corrected chi connectivity index (χ2v) is 6.75. The maximum Gasteiger partial charge on any atom is 0.355 e. The Morgan fingerprint density at radius 2 is 1.73 bits per heavy atom. The van der Waals surface area contributed by atoms with Crippen LogP contribution in [0.3, 0.4) is 0 Å². The maximum absolute atomic E-state index is 11.0. The van der Waals surface area contributed by atoms with Crippen LogP contribution in [0.15, 0.2) is 47.8 Å². The lowest BCUT2D eigenvalue weighted by Gasteiger charge is -2.10. The van der Waals surface area contributed by atoms with Gasteiger partial charge >= 0.3 is 5.97 Å². The van der Waals surface area contributed by atoms with E-state index in [-0.39, 0.29) is 5.69 Å². The molecule has 0 radical (unpaired) electrons. The lowest BCUT2D eigenvalue weighted by molar-refractivity contribution is 0.0691. The molecule has 0 aliphatic carbocycles. The molecule has 1 aromatic heterocycles. The number of aromatic nitrogens is 1. The van der Waals surface area contributed by atoms with Crippen molar-refractivity contribution in [3.63, 3.8) is 0 Å². The van der Waals surface area contributed by atoms with Gasteiger partial charge in [0, 0.05) is 10.9 Å². The number of carbonyl (C=O) groups is 1. The van der Waals surface area contributed by atoms with Gasteiger partial charge in [-0.15, -0.1) is 11.3 Å². The summed E-state index contributed by atoms with van der Waals surface area (Å²) in [5.41, 5.74) is 3.21. The van der Waals surface area contributed by atoms with E-state index in [9.17, 15) is 4.79 Å². The molecule has 0 saturated heterocycles. The molecule has 1 N–H and O–H groups in total. The highest BCUT2D eigenvalue weighted by molar-refractivity contribution is 7.13. The smallest absolute Gasteiger partial charge is 0.355 e. The number of ether oxygens (including phenoxy) is 2. The predicted molar refractivity (Wildman–Crippen MR) is 101 cm³/mol. The van der Waals surface area contributed by atoms with Crippen LogP contribution in [0.1, 0.15) is 21.6 Å². The molecule has 3 rings (SSSR count). The molecule has 0 aliphatic rings. The van der Waals surface area contributed by atoms with Crippen molar-refractivity contribution in [3.8, 4) is 22.1 Å². The highest BCUT2D eigenvalue weighted by atomic mass is 32.1. The fourth-order valence-electron chi connectivity index (χ4n) is 2.56. The van der Waals surface area contributed by atoms with Crippen LogP contribution >= 0.6 is 11.3 Å². The number of hydrogen-bond acceptors (Lipinski definition) is 5. The van der Waals surface area contributed by atoms with Crippen molar-refractivity contribution in [1.82, 2.24) is 4.98 Å². The van der Waals surface area contributed by atoms with Crippen LogP contribution in [0.5, 0.6) is 11.5 Å². The van der Waals surface area contributed by atoms with E-state index >= 15 is 0 Å². The first kappa shape index (κ1) is 17.9. The third-order valence-corrected chi connectivity index (χ3v) is 4.51. The number of hydrogen-bond donors (Lipinski definition) is 1. The highest BCUT2D eigenvalue weighted by Gasteiger charge is 2.10. The van der Waals surface area contributed by atoms with Crippen molar-refractivity contribution in [3.05, 3.63) is 64.7 Å². The van der Waals surface area contributed by atoms with Crippen LogP contribution < -0.4 is 9.47 Å². The molecule has 6 heteroatoms. The quantitative estimate of drug-likeness (QED) is 0.617. The summed E-state index contributed by atoms with van der Waals surface area (Å²) in [6.45, 7) is 4.93. The van der Waals surface area contributed by atoms with Gasteiger partial charge in [-0.25, -0.2) is 9.78 Å². The van der Waals surface area contributed by atoms with Crippen molar-refractivity contribution in [2.45, 2.75) is 13.8 Å². The van der Waals surface area contributed by atoms with Crippen molar-refractivity contribution in [2.24, 2.45) is 0 Å². The second kappa shape index (κ2) is 8.01. The van der Waals surface area contributed by atoms with Gasteiger partial charge in [0.15, 0.2) is 5.69 Å². The molecular formula is C20H19NO4S. The fraction of sp³-hybridized carbons (Fsp3) is 0.200. The summed E-state index contributed by atoms with van der Waals surface area (Å²) in [6.07, 6.45) is 0. The topological polar surface area (TPSA) is 68.7 Å². The molecule has 2 aromatic carbocycles. The summed E-state index contributed by atoms with van der Waals surface area (Å²) in [5.74, 6) is 0.505. The third kappa shape index (κ3) is 4.61. The zero-order chi connectivity index (χ0) is 18.5. The first-order chi connectivity index (χ1) is 12.5. The molecule has 134 valence electrons. The SMILES string of the molecule is Cc1cc(C)cc(OCCOc2cccc(-c3nc(C(=O)O)cs3)c2)c1. The molecule has 0 atom stereocenters. The summed E-state index contributed by atoms with van der Waals surface area (Å²) in [6, 6.07) is 13.5. The predicted octanol–water partition coefficient (Wildman–Crippen LogP) is 4.58. The largest absolute Gasteiger partial charge is 0.490 e. The number of aryl methyl sites for hydroxylation is 2. The van der Waals surface area contributed by atoms with E-state index in [1.807, 2.05) is 50.2 Å². The van der Waals surface area contributed by atoms with Crippen LogP contribution in [0.25, 0.3) is 10.6 Å². The van der Waals surface area contributed by atoms with E-state index in [1.165, 1.54) is 16.7 Å². The highest BCUT2D eigenvalue weighted by Crippen LogP contribution is 2.27. The lowest BCUT2D eigenvalue weighted by Crippen LogP contribution is -2.09. The minimum Gasteiger partial charge on any atom is -0.490 e. The minimum atomic E-state index is -1.02. The molecule has 0 unspecified atom stereocenters. The average Bonchev–Trinajstić information content (AvgIpc) is 3.09. The van der Waals surface area contributed by atoms with Gasteiger partial charge in [-0.3, -0.25) is 0 Å². The zero-order valence-corrected chi connectivity index (χ0v) is 15.4. The summed E-state index contributed by atoms with van der Waals surface area (Å²) in [7, 11) is 0. The number of carboxylic acids is 1. The molecule has 0 aliphatic heterocycles. The number of carboxylic acid groups (broad SMARTS) is 1. The Kier molecular flexibility index (Phi) is 5.53. The molecule has 0 spiro atoms. The van der Waals surface area contributed by atoms with Crippen molar-refractivity contribution in [2.75, 3.05) is 13.2 Å². The van der Waals surface area contributed by atoms with E-state index < -0.39 is 5.97 Å². The number of thiazole rings is 1. The Morgan fingerprint density at radius 1 is 1.04 bits per heavy atom. The first-order valence-electron chi connectivity index (χ1n) is 8.14. The Bertz CT molecular complexity index is 899. The van der Waals surface area contributed by atoms with E-state index in [0.717, 1.165) is 22.4 Å². The Morgan fingerprint density at radius 3 is 2.38 bits per heavy atom. The van der Waals surface area contributed by atoms with Crippen LogP contribution in [0, 0.1) is 13.8 Å². The fourth-order valence-corrected chi connectivity index (χ4v) is 3.35.